The summed E-state index contributed by atoms with van der Waals surface area (Å²) in [6.45, 7) is 4.02. The molecule has 1 rings (SSSR count). The molecule has 2 N–H and O–H groups in total. The molecule has 0 unspecified atom stereocenters. The third-order valence-corrected chi connectivity index (χ3v) is 1.78. The first-order chi connectivity index (χ1) is 6.13. The SMILES string of the molecule is Cc1cc(C)cc(/C(N)=C/C#N)c1. The molecule has 0 aliphatic carbocycles. The highest BCUT2D eigenvalue weighted by atomic mass is 14.6. The Hall–Kier alpha value is -1.75. The third-order valence-electron chi connectivity index (χ3n) is 1.78. The van der Waals surface area contributed by atoms with E-state index in [1.807, 2.05) is 32.0 Å². The molecule has 2 heteroatoms. The van der Waals surface area contributed by atoms with Crippen molar-refractivity contribution in [2.75, 3.05) is 0 Å². The van der Waals surface area contributed by atoms with E-state index in [0.717, 1.165) is 16.7 Å². The summed E-state index contributed by atoms with van der Waals surface area (Å²) in [6.07, 6.45) is 1.36. The van der Waals surface area contributed by atoms with Crippen molar-refractivity contribution < 1.29 is 0 Å². The molecule has 0 saturated heterocycles. The lowest BCUT2D eigenvalue weighted by Gasteiger charge is -2.03. The minimum atomic E-state index is 0.523. The van der Waals surface area contributed by atoms with Gasteiger partial charge in [0.05, 0.1) is 6.07 Å². The molecule has 13 heavy (non-hydrogen) atoms. The van der Waals surface area contributed by atoms with Crippen LogP contribution in [0.1, 0.15) is 16.7 Å². The number of nitrogens with zero attached hydrogens (tertiary/aromatic N) is 1. The average molecular weight is 172 g/mol. The first kappa shape index (κ1) is 9.34. The van der Waals surface area contributed by atoms with Gasteiger partial charge in [0, 0.05) is 11.8 Å². The molecule has 0 bridgehead atoms. The van der Waals surface area contributed by atoms with E-state index in [4.69, 9.17) is 11.0 Å². The van der Waals surface area contributed by atoms with E-state index in [2.05, 4.69) is 6.07 Å². The molecule has 0 saturated carbocycles. The molecule has 66 valence electrons. The maximum absolute atomic E-state index is 8.43. The Morgan fingerprint density at radius 1 is 1.31 bits per heavy atom. The summed E-state index contributed by atoms with van der Waals surface area (Å²) < 4.78 is 0. The van der Waals surface area contributed by atoms with E-state index in [0.29, 0.717) is 5.70 Å². The van der Waals surface area contributed by atoms with Crippen LogP contribution in [0.4, 0.5) is 0 Å². The Kier molecular flexibility index (Phi) is 2.71. The van der Waals surface area contributed by atoms with Crippen molar-refractivity contribution in [3.8, 4) is 6.07 Å². The van der Waals surface area contributed by atoms with Crippen molar-refractivity contribution in [2.24, 2.45) is 5.73 Å². The summed E-state index contributed by atoms with van der Waals surface area (Å²) in [6, 6.07) is 7.93. The molecular weight excluding hydrogens is 160 g/mol. The van der Waals surface area contributed by atoms with Crippen LogP contribution in [0, 0.1) is 25.2 Å². The molecular formula is C11H12N2. The van der Waals surface area contributed by atoms with Crippen LogP contribution in [-0.4, -0.2) is 0 Å². The summed E-state index contributed by atoms with van der Waals surface area (Å²) in [5, 5.41) is 8.43. The number of hydrogen-bond acceptors (Lipinski definition) is 2. The number of nitriles is 1. The first-order valence-electron chi connectivity index (χ1n) is 4.07. The van der Waals surface area contributed by atoms with Crippen molar-refractivity contribution >= 4 is 5.70 Å². The average Bonchev–Trinajstić information content (AvgIpc) is 2.03. The Labute approximate surface area is 78.3 Å². The standard InChI is InChI=1S/C11H12N2/c1-8-5-9(2)7-10(6-8)11(13)3-4-12/h3,5-7H,13H2,1-2H3/b11-3-. The van der Waals surface area contributed by atoms with Gasteiger partial charge in [-0.2, -0.15) is 5.26 Å². The van der Waals surface area contributed by atoms with Crippen molar-refractivity contribution in [2.45, 2.75) is 13.8 Å². The highest BCUT2D eigenvalue weighted by molar-refractivity contribution is 5.65. The van der Waals surface area contributed by atoms with Crippen LogP contribution in [0.5, 0.6) is 0 Å². The first-order valence-corrected chi connectivity index (χ1v) is 4.07. The zero-order valence-electron chi connectivity index (χ0n) is 7.83. The topological polar surface area (TPSA) is 49.8 Å². The minimum Gasteiger partial charge on any atom is -0.398 e. The van der Waals surface area contributed by atoms with Gasteiger partial charge in [-0.1, -0.05) is 17.2 Å². The van der Waals surface area contributed by atoms with Crippen LogP contribution in [0.25, 0.3) is 5.70 Å². The lowest BCUT2D eigenvalue weighted by Crippen LogP contribution is -1.96. The fourth-order valence-corrected chi connectivity index (χ4v) is 1.29. The molecule has 0 aliphatic heterocycles. The molecule has 0 aliphatic rings. The maximum Gasteiger partial charge on any atom is 0.0933 e. The number of aryl methyl sites for hydroxylation is 2. The monoisotopic (exact) mass is 172 g/mol. The zero-order valence-corrected chi connectivity index (χ0v) is 7.83. The Morgan fingerprint density at radius 3 is 2.31 bits per heavy atom. The summed E-state index contributed by atoms with van der Waals surface area (Å²) in [5.74, 6) is 0. The maximum atomic E-state index is 8.43. The zero-order chi connectivity index (χ0) is 9.84. The quantitative estimate of drug-likeness (QED) is 0.660. The lowest BCUT2D eigenvalue weighted by molar-refractivity contribution is 1.35. The van der Waals surface area contributed by atoms with Crippen LogP contribution >= 0.6 is 0 Å². The third kappa shape index (κ3) is 2.34. The molecule has 2 nitrogen and oxygen atoms in total. The summed E-state index contributed by atoms with van der Waals surface area (Å²) in [4.78, 5) is 0. The summed E-state index contributed by atoms with van der Waals surface area (Å²) >= 11 is 0. The van der Waals surface area contributed by atoms with E-state index in [1.54, 1.807) is 0 Å². The second-order valence-corrected chi connectivity index (χ2v) is 3.11. The van der Waals surface area contributed by atoms with Crippen molar-refractivity contribution in [3.05, 3.63) is 41.0 Å². The van der Waals surface area contributed by atoms with Gasteiger partial charge >= 0.3 is 0 Å². The second-order valence-electron chi connectivity index (χ2n) is 3.11. The Bertz CT molecular complexity index is 363. The predicted octanol–water partition coefficient (Wildman–Crippen LogP) is 2.13. The van der Waals surface area contributed by atoms with E-state index >= 15 is 0 Å². The van der Waals surface area contributed by atoms with Gasteiger partial charge < -0.3 is 5.73 Å². The molecule has 1 aromatic rings. The second kappa shape index (κ2) is 3.77. The normalized spacial score (nSPS) is 11.0. The van der Waals surface area contributed by atoms with Crippen molar-refractivity contribution in [1.82, 2.24) is 0 Å². The fraction of sp³-hybridized carbons (Fsp3) is 0.182. The van der Waals surface area contributed by atoms with Crippen LogP contribution in [0.3, 0.4) is 0 Å². The van der Waals surface area contributed by atoms with Gasteiger partial charge in [0.15, 0.2) is 0 Å². The largest absolute Gasteiger partial charge is 0.398 e. The van der Waals surface area contributed by atoms with E-state index in [9.17, 15) is 0 Å². The van der Waals surface area contributed by atoms with Gasteiger partial charge in [0.1, 0.15) is 0 Å². The Balaban J connectivity index is 3.17. The molecule has 0 radical (unpaired) electrons. The van der Waals surface area contributed by atoms with Gasteiger partial charge in [-0.05, 0) is 31.5 Å². The van der Waals surface area contributed by atoms with Crippen LogP contribution in [0.15, 0.2) is 24.3 Å². The molecule has 0 amide bonds. The fourth-order valence-electron chi connectivity index (χ4n) is 1.29. The van der Waals surface area contributed by atoms with E-state index < -0.39 is 0 Å². The van der Waals surface area contributed by atoms with Gasteiger partial charge in [-0.15, -0.1) is 0 Å². The molecule has 0 fully saturated rings. The molecule has 1 aromatic carbocycles. The van der Waals surface area contributed by atoms with Crippen LogP contribution < -0.4 is 5.73 Å². The molecule has 0 spiro atoms. The van der Waals surface area contributed by atoms with Crippen molar-refractivity contribution in [1.29, 1.82) is 5.26 Å². The number of hydrogen-bond donors (Lipinski definition) is 1. The van der Waals surface area contributed by atoms with Gasteiger partial charge in [0.25, 0.3) is 0 Å². The predicted molar refractivity (Wildman–Crippen MR) is 53.7 cm³/mol. The van der Waals surface area contributed by atoms with Crippen LogP contribution in [0.2, 0.25) is 0 Å². The molecule has 0 aromatic heterocycles. The summed E-state index contributed by atoms with van der Waals surface area (Å²) in [5.41, 5.74) is 9.43. The van der Waals surface area contributed by atoms with Gasteiger partial charge in [-0.25, -0.2) is 0 Å². The Morgan fingerprint density at radius 2 is 1.85 bits per heavy atom. The summed E-state index contributed by atoms with van der Waals surface area (Å²) in [7, 11) is 0. The number of rotatable bonds is 1. The van der Waals surface area contributed by atoms with Gasteiger partial charge in [-0.3, -0.25) is 0 Å². The number of nitrogens with two attached hydrogens (primary N) is 1. The highest BCUT2D eigenvalue weighted by Gasteiger charge is 1.97. The lowest BCUT2D eigenvalue weighted by atomic mass is 10.1. The van der Waals surface area contributed by atoms with E-state index in [-0.39, 0.29) is 0 Å². The molecule has 0 atom stereocenters. The van der Waals surface area contributed by atoms with E-state index in [1.165, 1.54) is 6.08 Å². The van der Waals surface area contributed by atoms with Crippen LogP contribution in [-0.2, 0) is 0 Å². The van der Waals surface area contributed by atoms with Crippen molar-refractivity contribution in [3.63, 3.8) is 0 Å². The smallest absolute Gasteiger partial charge is 0.0933 e. The van der Waals surface area contributed by atoms with Gasteiger partial charge in [0.2, 0.25) is 0 Å². The number of benzene rings is 1. The minimum absolute atomic E-state index is 0.523. The molecule has 0 heterocycles. The number of allylic oxidation sites excluding steroid dienone is 1. The highest BCUT2D eigenvalue weighted by Crippen LogP contribution is 2.13.